The maximum atomic E-state index is 13.7. The van der Waals surface area contributed by atoms with Crippen molar-refractivity contribution in [2.45, 2.75) is 57.0 Å². The number of ketones is 1. The molecule has 1 saturated heterocycles. The first-order chi connectivity index (χ1) is 16.4. The summed E-state index contributed by atoms with van der Waals surface area (Å²) in [5.74, 6) is -2.64. The van der Waals surface area contributed by atoms with E-state index in [9.17, 15) is 22.8 Å². The Bertz CT molecular complexity index is 999. The molecule has 0 spiro atoms. The van der Waals surface area contributed by atoms with E-state index < -0.39 is 48.4 Å². The third kappa shape index (κ3) is 6.62. The van der Waals surface area contributed by atoms with E-state index in [0.29, 0.717) is 5.75 Å². The van der Waals surface area contributed by atoms with E-state index in [1.165, 1.54) is 32.4 Å². The Morgan fingerprint density at radius 2 is 1.77 bits per heavy atom. The minimum absolute atomic E-state index is 0.0750. The fourth-order valence-corrected chi connectivity index (χ4v) is 3.73. The SMILES string of the molecule is COCOc1cc(OC)cc2c1C(=O)O[C@@H](C(F)(F)F)C/C=C\C(=O)[C@H]1OC(C)(C)O[C@H]1C/C=C/2. The molecule has 1 aromatic carbocycles. The van der Waals surface area contributed by atoms with Gasteiger partial charge in [0.05, 0.1) is 13.2 Å². The standard InChI is InChI=1S/C24H27F3O8/c1-23(2)34-17-9-5-7-14-11-15(31-4)12-18(32-13-30-3)20(14)22(29)33-19(24(25,26)27)10-6-8-16(28)21(17)35-23/h5-8,11-12,17,19,21H,9-10,13H2,1-4H3/b7-5+,8-6-/t17-,19+,21+/m0/s1. The lowest BCUT2D eigenvalue weighted by atomic mass is 10.0. The molecule has 8 nitrogen and oxygen atoms in total. The highest BCUT2D eigenvalue weighted by Gasteiger charge is 2.45. The molecule has 0 aliphatic carbocycles. The van der Waals surface area contributed by atoms with Crippen LogP contribution in [0.2, 0.25) is 0 Å². The topological polar surface area (TPSA) is 89.5 Å². The summed E-state index contributed by atoms with van der Waals surface area (Å²) < 4.78 is 73.0. The van der Waals surface area contributed by atoms with Gasteiger partial charge in [-0.25, -0.2) is 4.79 Å². The zero-order chi connectivity index (χ0) is 25.8. The predicted octanol–water partition coefficient (Wildman–Crippen LogP) is 4.22. The molecule has 2 aliphatic heterocycles. The van der Waals surface area contributed by atoms with Gasteiger partial charge < -0.3 is 28.4 Å². The van der Waals surface area contributed by atoms with E-state index >= 15 is 0 Å². The van der Waals surface area contributed by atoms with Crippen molar-refractivity contribution in [2.75, 3.05) is 21.0 Å². The van der Waals surface area contributed by atoms with Crippen LogP contribution in [0.3, 0.4) is 0 Å². The second-order valence-electron chi connectivity index (χ2n) is 8.35. The Morgan fingerprint density at radius 3 is 2.43 bits per heavy atom. The van der Waals surface area contributed by atoms with Gasteiger partial charge in [-0.1, -0.05) is 18.2 Å². The van der Waals surface area contributed by atoms with E-state index in [2.05, 4.69) is 0 Å². The molecule has 2 heterocycles. The van der Waals surface area contributed by atoms with Crippen molar-refractivity contribution < 1.29 is 51.2 Å². The van der Waals surface area contributed by atoms with Crippen LogP contribution in [0.4, 0.5) is 13.2 Å². The smallest absolute Gasteiger partial charge is 0.425 e. The first kappa shape index (κ1) is 26.7. The van der Waals surface area contributed by atoms with Crippen LogP contribution >= 0.6 is 0 Å². The molecule has 0 aromatic heterocycles. The maximum Gasteiger partial charge on any atom is 0.425 e. The molecule has 2 aliphatic rings. The highest BCUT2D eigenvalue weighted by molar-refractivity contribution is 5.97. The molecule has 11 heteroatoms. The Balaban J connectivity index is 2.11. The summed E-state index contributed by atoms with van der Waals surface area (Å²) in [7, 11) is 2.74. The van der Waals surface area contributed by atoms with Crippen LogP contribution in [-0.2, 0) is 23.7 Å². The number of hydrogen-bond donors (Lipinski definition) is 0. The lowest BCUT2D eigenvalue weighted by molar-refractivity contribution is -0.203. The molecule has 35 heavy (non-hydrogen) atoms. The molecular weight excluding hydrogens is 473 g/mol. The largest absolute Gasteiger partial charge is 0.497 e. The lowest BCUT2D eigenvalue weighted by Crippen LogP contribution is -2.34. The number of fused-ring (bicyclic) bond motifs is 2. The summed E-state index contributed by atoms with van der Waals surface area (Å²) in [6.45, 7) is 3.01. The maximum absolute atomic E-state index is 13.7. The van der Waals surface area contributed by atoms with E-state index in [4.69, 9.17) is 28.4 Å². The molecule has 0 amide bonds. The van der Waals surface area contributed by atoms with E-state index in [1.807, 2.05) is 0 Å². The zero-order valence-electron chi connectivity index (χ0n) is 19.7. The number of rotatable bonds is 4. The van der Waals surface area contributed by atoms with Gasteiger partial charge in [-0.2, -0.15) is 13.2 Å². The Hall–Kier alpha value is -2.89. The van der Waals surface area contributed by atoms with Crippen molar-refractivity contribution in [1.29, 1.82) is 0 Å². The van der Waals surface area contributed by atoms with Crippen molar-refractivity contribution in [1.82, 2.24) is 0 Å². The van der Waals surface area contributed by atoms with Crippen molar-refractivity contribution >= 4 is 17.8 Å². The van der Waals surface area contributed by atoms with Crippen LogP contribution in [0.15, 0.2) is 30.4 Å². The molecule has 0 unspecified atom stereocenters. The molecule has 0 bridgehead atoms. The van der Waals surface area contributed by atoms with Gasteiger partial charge in [0.25, 0.3) is 0 Å². The monoisotopic (exact) mass is 500 g/mol. The van der Waals surface area contributed by atoms with Crippen molar-refractivity contribution in [2.24, 2.45) is 0 Å². The highest BCUT2D eigenvalue weighted by atomic mass is 19.4. The van der Waals surface area contributed by atoms with Gasteiger partial charge >= 0.3 is 12.1 Å². The van der Waals surface area contributed by atoms with E-state index in [0.717, 1.165) is 12.2 Å². The van der Waals surface area contributed by atoms with Crippen molar-refractivity contribution in [3.63, 3.8) is 0 Å². The quantitative estimate of drug-likeness (QED) is 0.449. The van der Waals surface area contributed by atoms with Crippen LogP contribution in [0.5, 0.6) is 11.5 Å². The molecule has 192 valence electrons. The predicted molar refractivity (Wildman–Crippen MR) is 117 cm³/mol. The molecule has 3 atom stereocenters. The second-order valence-corrected chi connectivity index (χ2v) is 8.35. The summed E-state index contributed by atoms with van der Waals surface area (Å²) in [4.78, 5) is 25.6. The number of esters is 1. The van der Waals surface area contributed by atoms with Crippen LogP contribution < -0.4 is 9.47 Å². The Morgan fingerprint density at radius 1 is 1.06 bits per heavy atom. The molecule has 0 saturated carbocycles. The number of alkyl halides is 3. The number of halogens is 3. The third-order valence-corrected chi connectivity index (χ3v) is 5.25. The first-order valence-electron chi connectivity index (χ1n) is 10.8. The van der Waals surface area contributed by atoms with E-state index in [-0.39, 0.29) is 30.1 Å². The lowest BCUT2D eigenvalue weighted by Gasteiger charge is -2.22. The number of benzene rings is 1. The summed E-state index contributed by atoms with van der Waals surface area (Å²) in [6.07, 6.45) is -4.49. The van der Waals surface area contributed by atoms with Gasteiger partial charge in [-0.15, -0.1) is 0 Å². The second kappa shape index (κ2) is 10.8. The highest BCUT2D eigenvalue weighted by Crippen LogP contribution is 2.35. The summed E-state index contributed by atoms with van der Waals surface area (Å²) in [5.41, 5.74) is -0.0408. The summed E-state index contributed by atoms with van der Waals surface area (Å²) in [6, 6.07) is 2.81. The molecule has 0 N–H and O–H groups in total. The van der Waals surface area contributed by atoms with Gasteiger partial charge in [0.1, 0.15) is 23.2 Å². The van der Waals surface area contributed by atoms with Crippen LogP contribution in [0.25, 0.3) is 6.08 Å². The van der Waals surface area contributed by atoms with Gasteiger partial charge in [0.2, 0.25) is 6.10 Å². The number of methoxy groups -OCH3 is 2. The summed E-state index contributed by atoms with van der Waals surface area (Å²) >= 11 is 0. The summed E-state index contributed by atoms with van der Waals surface area (Å²) in [5, 5.41) is 0. The number of cyclic esters (lactones) is 1. The van der Waals surface area contributed by atoms with Gasteiger partial charge in [-0.3, -0.25) is 4.79 Å². The van der Waals surface area contributed by atoms with Crippen molar-refractivity contribution in [3.05, 3.63) is 41.5 Å². The Labute approximate surface area is 200 Å². The fourth-order valence-electron chi connectivity index (χ4n) is 3.73. The van der Waals surface area contributed by atoms with Crippen LogP contribution in [0.1, 0.15) is 42.6 Å². The van der Waals surface area contributed by atoms with E-state index in [1.54, 1.807) is 19.9 Å². The minimum Gasteiger partial charge on any atom is -0.497 e. The first-order valence-corrected chi connectivity index (χ1v) is 10.8. The molecule has 1 aromatic rings. The third-order valence-electron chi connectivity index (χ3n) is 5.25. The average molecular weight is 500 g/mol. The average Bonchev–Trinajstić information content (AvgIpc) is 3.09. The molecule has 1 fully saturated rings. The Kier molecular flexibility index (Phi) is 8.24. The number of hydrogen-bond acceptors (Lipinski definition) is 8. The fraction of sp³-hybridized carbons (Fsp3) is 0.500. The minimum atomic E-state index is -4.88. The number of carbonyl (C=O) groups is 2. The normalized spacial score (nSPS) is 26.7. The van der Waals surface area contributed by atoms with Gasteiger partial charge in [0.15, 0.2) is 18.4 Å². The van der Waals surface area contributed by atoms with Gasteiger partial charge in [-0.05, 0) is 38.0 Å². The van der Waals surface area contributed by atoms with Gasteiger partial charge in [0, 0.05) is 19.6 Å². The zero-order valence-corrected chi connectivity index (χ0v) is 19.7. The van der Waals surface area contributed by atoms with Crippen LogP contribution in [0, 0.1) is 0 Å². The molecule has 0 radical (unpaired) electrons. The van der Waals surface area contributed by atoms with Crippen LogP contribution in [-0.4, -0.2) is 63.0 Å². The van der Waals surface area contributed by atoms with Crippen molar-refractivity contribution in [3.8, 4) is 11.5 Å². The molecular formula is C24H27F3O8. The number of ether oxygens (including phenoxy) is 6. The number of carbonyl (C=O) groups excluding carboxylic acids is 2. The molecule has 3 rings (SSSR count).